The molecule has 0 aliphatic rings. The molecule has 1 aromatic heterocycles. The highest BCUT2D eigenvalue weighted by Crippen LogP contribution is 2.11. The van der Waals surface area contributed by atoms with Gasteiger partial charge in [-0.2, -0.15) is 0 Å². The Labute approximate surface area is 101 Å². The minimum Gasteiger partial charge on any atom is -0.346 e. The number of H-pyrrole nitrogens is 1. The highest BCUT2D eigenvalue weighted by molar-refractivity contribution is 6.30. The highest BCUT2D eigenvalue weighted by Gasteiger charge is 1.99. The summed E-state index contributed by atoms with van der Waals surface area (Å²) in [4.78, 5) is 7.59. The largest absolute Gasteiger partial charge is 0.346 e. The Morgan fingerprint density at radius 3 is 2.56 bits per heavy atom. The molecule has 0 radical (unpaired) electrons. The van der Waals surface area contributed by atoms with Crippen LogP contribution in [0.1, 0.15) is 24.0 Å². The van der Waals surface area contributed by atoms with Crippen molar-refractivity contribution in [1.29, 1.82) is 0 Å². The maximum Gasteiger partial charge on any atom is 0.105 e. The van der Waals surface area contributed by atoms with Crippen molar-refractivity contribution in [2.75, 3.05) is 0 Å². The third kappa shape index (κ3) is 2.86. The van der Waals surface area contributed by atoms with Crippen LogP contribution >= 0.6 is 11.6 Å². The number of benzene rings is 1. The number of aromatic amines is 1. The predicted octanol–water partition coefficient (Wildman–Crippen LogP) is 3.41. The smallest absolute Gasteiger partial charge is 0.105 e. The van der Waals surface area contributed by atoms with Gasteiger partial charge in [0.25, 0.3) is 0 Å². The van der Waals surface area contributed by atoms with Crippen LogP contribution in [0.3, 0.4) is 0 Å². The van der Waals surface area contributed by atoms with Gasteiger partial charge in [0.2, 0.25) is 0 Å². The fourth-order valence-electron chi connectivity index (χ4n) is 1.64. The number of nitrogens with one attached hydrogen (secondary N) is 1. The van der Waals surface area contributed by atoms with Gasteiger partial charge >= 0.3 is 0 Å². The van der Waals surface area contributed by atoms with Gasteiger partial charge in [-0.05, 0) is 30.5 Å². The van der Waals surface area contributed by atoms with Gasteiger partial charge in [-0.1, -0.05) is 30.7 Å². The second kappa shape index (κ2) is 5.17. The molecule has 0 fully saturated rings. The van der Waals surface area contributed by atoms with Crippen molar-refractivity contribution in [3.8, 4) is 0 Å². The number of nitrogens with zero attached hydrogens (tertiary/aromatic N) is 1. The number of hydrogen-bond acceptors (Lipinski definition) is 1. The molecule has 16 heavy (non-hydrogen) atoms. The Balaban J connectivity index is 1.94. The van der Waals surface area contributed by atoms with E-state index >= 15 is 0 Å². The summed E-state index contributed by atoms with van der Waals surface area (Å²) in [6.45, 7) is 2.10. The van der Waals surface area contributed by atoms with Gasteiger partial charge in [-0.3, -0.25) is 0 Å². The SMILES string of the molecule is CCc1ncc(CCc2ccc(Cl)cc2)[nH]1. The predicted molar refractivity (Wildman–Crippen MR) is 66.8 cm³/mol. The van der Waals surface area contributed by atoms with Crippen molar-refractivity contribution in [3.63, 3.8) is 0 Å². The average Bonchev–Trinajstić information content (AvgIpc) is 2.76. The van der Waals surface area contributed by atoms with Crippen LogP contribution in [0.15, 0.2) is 30.5 Å². The third-order valence-electron chi connectivity index (χ3n) is 2.61. The molecular weight excluding hydrogens is 220 g/mol. The molecular formula is C13H15ClN2. The number of imidazole rings is 1. The van der Waals surface area contributed by atoms with E-state index in [2.05, 4.69) is 29.0 Å². The van der Waals surface area contributed by atoms with E-state index in [0.717, 1.165) is 30.1 Å². The van der Waals surface area contributed by atoms with Gasteiger partial charge in [0.1, 0.15) is 5.82 Å². The Kier molecular flexibility index (Phi) is 3.62. The molecule has 1 heterocycles. The minimum absolute atomic E-state index is 0.790. The molecule has 0 atom stereocenters. The van der Waals surface area contributed by atoms with Crippen LogP contribution in [-0.4, -0.2) is 9.97 Å². The van der Waals surface area contributed by atoms with Crippen molar-refractivity contribution in [1.82, 2.24) is 9.97 Å². The fourth-order valence-corrected chi connectivity index (χ4v) is 1.77. The Bertz CT molecular complexity index is 445. The lowest BCUT2D eigenvalue weighted by molar-refractivity contribution is 0.905. The van der Waals surface area contributed by atoms with Gasteiger partial charge in [0, 0.05) is 23.3 Å². The Morgan fingerprint density at radius 1 is 1.19 bits per heavy atom. The molecule has 0 saturated heterocycles. The molecule has 0 aliphatic carbocycles. The number of hydrogen-bond donors (Lipinski definition) is 1. The van der Waals surface area contributed by atoms with Gasteiger partial charge in [0.15, 0.2) is 0 Å². The molecule has 84 valence electrons. The third-order valence-corrected chi connectivity index (χ3v) is 2.86. The lowest BCUT2D eigenvalue weighted by atomic mass is 10.1. The summed E-state index contributed by atoms with van der Waals surface area (Å²) in [7, 11) is 0. The van der Waals surface area contributed by atoms with Crippen LogP contribution < -0.4 is 0 Å². The number of aromatic nitrogens is 2. The van der Waals surface area contributed by atoms with Crippen molar-refractivity contribution < 1.29 is 0 Å². The molecule has 2 nitrogen and oxygen atoms in total. The maximum atomic E-state index is 5.83. The van der Waals surface area contributed by atoms with E-state index < -0.39 is 0 Å². The molecule has 2 rings (SSSR count). The Hall–Kier alpha value is -1.28. The van der Waals surface area contributed by atoms with Crippen LogP contribution in [0.5, 0.6) is 0 Å². The normalized spacial score (nSPS) is 10.6. The second-order valence-corrected chi connectivity index (χ2v) is 4.27. The lowest BCUT2D eigenvalue weighted by Gasteiger charge is -1.99. The standard InChI is InChI=1S/C13H15ClN2/c1-2-13-15-9-12(16-13)8-5-10-3-6-11(14)7-4-10/h3-4,6-7,9H,2,5,8H2,1H3,(H,15,16). The zero-order chi connectivity index (χ0) is 11.4. The first-order valence-electron chi connectivity index (χ1n) is 5.55. The average molecular weight is 235 g/mol. The molecule has 0 amide bonds. The zero-order valence-corrected chi connectivity index (χ0v) is 10.1. The zero-order valence-electron chi connectivity index (χ0n) is 9.33. The van der Waals surface area contributed by atoms with E-state index in [9.17, 15) is 0 Å². The highest BCUT2D eigenvalue weighted by atomic mass is 35.5. The molecule has 1 aromatic carbocycles. The number of aryl methyl sites for hydroxylation is 3. The van der Waals surface area contributed by atoms with Crippen molar-refractivity contribution in [3.05, 3.63) is 52.6 Å². The molecule has 0 saturated carbocycles. The van der Waals surface area contributed by atoms with Crippen molar-refractivity contribution in [2.45, 2.75) is 26.2 Å². The summed E-state index contributed by atoms with van der Waals surface area (Å²) < 4.78 is 0. The van der Waals surface area contributed by atoms with E-state index in [4.69, 9.17) is 11.6 Å². The van der Waals surface area contributed by atoms with Gasteiger partial charge in [0.05, 0.1) is 0 Å². The van der Waals surface area contributed by atoms with Crippen LogP contribution in [0, 0.1) is 0 Å². The summed E-state index contributed by atoms with van der Waals surface area (Å²) in [5.74, 6) is 1.06. The molecule has 0 aliphatic heterocycles. The van der Waals surface area contributed by atoms with Crippen LogP contribution in [-0.2, 0) is 19.3 Å². The Morgan fingerprint density at radius 2 is 1.94 bits per heavy atom. The maximum absolute atomic E-state index is 5.83. The first kappa shape index (κ1) is 11.2. The van der Waals surface area contributed by atoms with E-state index in [0.29, 0.717) is 0 Å². The fraction of sp³-hybridized carbons (Fsp3) is 0.308. The summed E-state index contributed by atoms with van der Waals surface area (Å²) in [6, 6.07) is 8.00. The molecule has 0 bridgehead atoms. The molecule has 2 aromatic rings. The summed E-state index contributed by atoms with van der Waals surface area (Å²) in [5.41, 5.74) is 2.50. The van der Waals surface area contributed by atoms with Crippen LogP contribution in [0.4, 0.5) is 0 Å². The van der Waals surface area contributed by atoms with E-state index in [1.54, 1.807) is 0 Å². The topological polar surface area (TPSA) is 28.7 Å². The van der Waals surface area contributed by atoms with E-state index in [-0.39, 0.29) is 0 Å². The molecule has 1 N–H and O–H groups in total. The number of halogens is 1. The summed E-state index contributed by atoms with van der Waals surface area (Å²) in [6.07, 6.45) is 4.90. The van der Waals surface area contributed by atoms with Gasteiger partial charge in [-0.15, -0.1) is 0 Å². The minimum atomic E-state index is 0.790. The summed E-state index contributed by atoms with van der Waals surface area (Å²) in [5, 5.41) is 0.790. The van der Waals surface area contributed by atoms with Crippen molar-refractivity contribution in [2.24, 2.45) is 0 Å². The first-order valence-corrected chi connectivity index (χ1v) is 5.93. The quantitative estimate of drug-likeness (QED) is 0.863. The molecule has 0 spiro atoms. The van der Waals surface area contributed by atoms with E-state index in [1.165, 1.54) is 11.3 Å². The number of rotatable bonds is 4. The lowest BCUT2D eigenvalue weighted by Crippen LogP contribution is -1.92. The van der Waals surface area contributed by atoms with Crippen molar-refractivity contribution >= 4 is 11.6 Å². The van der Waals surface area contributed by atoms with Crippen LogP contribution in [0.2, 0.25) is 5.02 Å². The summed E-state index contributed by atoms with van der Waals surface area (Å²) >= 11 is 5.83. The van der Waals surface area contributed by atoms with E-state index in [1.807, 2.05) is 18.3 Å². The molecule has 0 unspecified atom stereocenters. The van der Waals surface area contributed by atoms with Crippen LogP contribution in [0.25, 0.3) is 0 Å². The van der Waals surface area contributed by atoms with Gasteiger partial charge in [-0.25, -0.2) is 4.98 Å². The molecule has 3 heteroatoms. The second-order valence-electron chi connectivity index (χ2n) is 3.84. The first-order chi connectivity index (χ1) is 7.78. The monoisotopic (exact) mass is 234 g/mol. The van der Waals surface area contributed by atoms with Gasteiger partial charge < -0.3 is 4.98 Å².